The van der Waals surface area contributed by atoms with Crippen LogP contribution in [0.3, 0.4) is 0 Å². The molecule has 0 spiro atoms. The van der Waals surface area contributed by atoms with Gasteiger partial charge in [-0.2, -0.15) is 0 Å². The molecule has 6 heteroatoms. The van der Waals surface area contributed by atoms with Crippen molar-refractivity contribution >= 4 is 11.6 Å². The van der Waals surface area contributed by atoms with Gasteiger partial charge in [0.1, 0.15) is 5.69 Å². The van der Waals surface area contributed by atoms with Gasteiger partial charge in [-0.05, 0) is 44.5 Å². The number of carbonyl (C=O) groups is 1. The molecule has 0 saturated carbocycles. The number of hydrogen-bond acceptors (Lipinski definition) is 5. The van der Waals surface area contributed by atoms with Gasteiger partial charge in [0.05, 0.1) is 11.9 Å². The van der Waals surface area contributed by atoms with Gasteiger partial charge < -0.3 is 10.3 Å². The number of piperidine rings is 1. The average Bonchev–Trinajstić information content (AvgIpc) is 3.05. The Morgan fingerprint density at radius 1 is 1.24 bits per heavy atom. The highest BCUT2D eigenvalue weighted by atomic mass is 16.2. The Morgan fingerprint density at radius 3 is 2.71 bits per heavy atom. The van der Waals surface area contributed by atoms with Gasteiger partial charge in [-0.3, -0.25) is 15.5 Å². The lowest BCUT2D eigenvalue weighted by atomic mass is 10.1. The number of likely N-dealkylation sites (tertiary alicyclic amines) is 2. The molecule has 0 aliphatic carbocycles. The number of anilines is 1. The van der Waals surface area contributed by atoms with E-state index in [9.17, 15) is 4.79 Å². The molecular weight excluding hydrogens is 266 g/mol. The normalized spacial score (nSPS) is 23.3. The average molecular weight is 289 g/mol. The van der Waals surface area contributed by atoms with E-state index in [2.05, 4.69) is 15.3 Å². The molecule has 3 N–H and O–H groups in total. The van der Waals surface area contributed by atoms with Gasteiger partial charge in [0.2, 0.25) is 0 Å². The Labute approximate surface area is 125 Å². The van der Waals surface area contributed by atoms with Crippen LogP contribution in [0, 0.1) is 0 Å². The number of rotatable bonds is 3. The van der Waals surface area contributed by atoms with E-state index in [-0.39, 0.29) is 5.91 Å². The summed E-state index contributed by atoms with van der Waals surface area (Å²) in [5.41, 5.74) is 3.72. The van der Waals surface area contributed by atoms with Crippen LogP contribution in [-0.4, -0.2) is 52.9 Å². The van der Waals surface area contributed by atoms with Crippen LogP contribution in [0.5, 0.6) is 0 Å². The second-order valence-electron chi connectivity index (χ2n) is 5.87. The number of hydrazine groups is 1. The third-order valence-corrected chi connectivity index (χ3v) is 4.51. The molecule has 6 nitrogen and oxygen atoms in total. The highest BCUT2D eigenvalue weighted by Crippen LogP contribution is 2.21. The van der Waals surface area contributed by atoms with E-state index in [0.717, 1.165) is 19.5 Å². The summed E-state index contributed by atoms with van der Waals surface area (Å²) >= 11 is 0. The molecule has 2 fully saturated rings. The molecule has 0 aromatic carbocycles. The second-order valence-corrected chi connectivity index (χ2v) is 5.87. The number of nitrogens with two attached hydrogens (primary N) is 1. The van der Waals surface area contributed by atoms with Crippen molar-refractivity contribution in [2.45, 2.75) is 31.7 Å². The molecule has 21 heavy (non-hydrogen) atoms. The summed E-state index contributed by atoms with van der Waals surface area (Å²) in [5.74, 6) is 5.33. The zero-order chi connectivity index (χ0) is 14.7. The lowest BCUT2D eigenvalue weighted by Gasteiger charge is -2.32. The fourth-order valence-electron chi connectivity index (χ4n) is 3.28. The van der Waals surface area contributed by atoms with Crippen molar-refractivity contribution in [3.05, 3.63) is 24.0 Å². The molecule has 2 saturated heterocycles. The zero-order valence-corrected chi connectivity index (χ0v) is 12.3. The van der Waals surface area contributed by atoms with Crippen LogP contribution >= 0.6 is 0 Å². The molecule has 3 rings (SSSR count). The zero-order valence-electron chi connectivity index (χ0n) is 12.3. The molecular formula is C15H23N5O. The molecule has 1 unspecified atom stereocenters. The highest BCUT2D eigenvalue weighted by Gasteiger charge is 2.31. The van der Waals surface area contributed by atoms with Crippen LogP contribution in [0.15, 0.2) is 18.3 Å². The first-order valence-electron chi connectivity index (χ1n) is 7.74. The van der Waals surface area contributed by atoms with E-state index in [1.165, 1.54) is 32.4 Å². The number of nitrogens with one attached hydrogen (secondary N) is 1. The van der Waals surface area contributed by atoms with E-state index < -0.39 is 0 Å². The van der Waals surface area contributed by atoms with Gasteiger partial charge in [0.15, 0.2) is 0 Å². The number of nitrogen functional groups attached to an aromatic ring is 1. The summed E-state index contributed by atoms with van der Waals surface area (Å²) in [7, 11) is 0. The van der Waals surface area contributed by atoms with Crippen LogP contribution < -0.4 is 11.3 Å². The van der Waals surface area contributed by atoms with Crippen molar-refractivity contribution in [1.29, 1.82) is 0 Å². The van der Waals surface area contributed by atoms with E-state index in [0.29, 0.717) is 17.4 Å². The molecule has 1 amide bonds. The molecule has 1 aromatic heterocycles. The topological polar surface area (TPSA) is 74.5 Å². The van der Waals surface area contributed by atoms with Gasteiger partial charge in [0.25, 0.3) is 5.91 Å². The standard InChI is InChI=1S/C15H23N5O/c16-18-12-4-5-14(17-10-12)15(21)20-9-6-13(11-20)19-7-2-1-3-8-19/h4-5,10,13,18H,1-3,6-9,11,16H2. The van der Waals surface area contributed by atoms with Gasteiger partial charge in [0, 0.05) is 19.1 Å². The van der Waals surface area contributed by atoms with Crippen LogP contribution in [0.1, 0.15) is 36.2 Å². The first kappa shape index (κ1) is 14.3. The van der Waals surface area contributed by atoms with E-state index in [1.807, 2.05) is 4.90 Å². The maximum atomic E-state index is 12.5. The second kappa shape index (κ2) is 6.41. The minimum Gasteiger partial charge on any atom is -0.336 e. The fraction of sp³-hybridized carbons (Fsp3) is 0.600. The SMILES string of the molecule is NNc1ccc(C(=O)N2CCC(N3CCCCC3)C2)nc1. The van der Waals surface area contributed by atoms with Crippen LogP contribution in [0.4, 0.5) is 5.69 Å². The summed E-state index contributed by atoms with van der Waals surface area (Å²) in [6.07, 6.45) is 6.59. The predicted octanol–water partition coefficient (Wildman–Crippen LogP) is 1.07. The molecule has 0 bridgehead atoms. The Bertz CT molecular complexity index is 483. The predicted molar refractivity (Wildman–Crippen MR) is 81.8 cm³/mol. The van der Waals surface area contributed by atoms with Crippen LogP contribution in [0.2, 0.25) is 0 Å². The Hall–Kier alpha value is -1.66. The summed E-state index contributed by atoms with van der Waals surface area (Å²) in [5, 5.41) is 0. The third-order valence-electron chi connectivity index (χ3n) is 4.51. The van der Waals surface area contributed by atoms with Crippen molar-refractivity contribution in [1.82, 2.24) is 14.8 Å². The molecule has 114 valence electrons. The van der Waals surface area contributed by atoms with E-state index in [1.54, 1.807) is 18.3 Å². The van der Waals surface area contributed by atoms with Crippen molar-refractivity contribution in [2.24, 2.45) is 5.84 Å². The van der Waals surface area contributed by atoms with Crippen LogP contribution in [-0.2, 0) is 0 Å². The number of nitrogens with zero attached hydrogens (tertiary/aromatic N) is 3. The van der Waals surface area contributed by atoms with Gasteiger partial charge in [-0.15, -0.1) is 0 Å². The number of aromatic nitrogens is 1. The smallest absolute Gasteiger partial charge is 0.272 e. The van der Waals surface area contributed by atoms with Gasteiger partial charge in [-0.1, -0.05) is 6.42 Å². The maximum Gasteiger partial charge on any atom is 0.272 e. The van der Waals surface area contributed by atoms with Crippen molar-refractivity contribution in [3.8, 4) is 0 Å². The summed E-state index contributed by atoms with van der Waals surface area (Å²) < 4.78 is 0. The van der Waals surface area contributed by atoms with E-state index >= 15 is 0 Å². The maximum absolute atomic E-state index is 12.5. The van der Waals surface area contributed by atoms with Crippen molar-refractivity contribution in [2.75, 3.05) is 31.6 Å². The Kier molecular flexibility index (Phi) is 4.36. The first-order chi connectivity index (χ1) is 10.3. The Balaban J connectivity index is 1.60. The van der Waals surface area contributed by atoms with Gasteiger partial charge >= 0.3 is 0 Å². The number of pyridine rings is 1. The minimum absolute atomic E-state index is 0.0260. The molecule has 1 atom stereocenters. The largest absolute Gasteiger partial charge is 0.336 e. The number of hydrogen-bond donors (Lipinski definition) is 2. The number of amides is 1. The van der Waals surface area contributed by atoms with Crippen molar-refractivity contribution < 1.29 is 4.79 Å². The Morgan fingerprint density at radius 2 is 2.05 bits per heavy atom. The molecule has 2 aliphatic heterocycles. The summed E-state index contributed by atoms with van der Waals surface area (Å²) in [4.78, 5) is 21.1. The number of carbonyl (C=O) groups excluding carboxylic acids is 1. The van der Waals surface area contributed by atoms with Crippen molar-refractivity contribution in [3.63, 3.8) is 0 Å². The lowest BCUT2D eigenvalue weighted by Crippen LogP contribution is -2.41. The quantitative estimate of drug-likeness (QED) is 0.643. The summed E-state index contributed by atoms with van der Waals surface area (Å²) in [6, 6.07) is 4.03. The monoisotopic (exact) mass is 289 g/mol. The molecule has 1 aromatic rings. The highest BCUT2D eigenvalue weighted by molar-refractivity contribution is 5.92. The van der Waals surface area contributed by atoms with E-state index in [4.69, 9.17) is 5.84 Å². The third kappa shape index (κ3) is 3.16. The molecule has 2 aliphatic rings. The lowest BCUT2D eigenvalue weighted by molar-refractivity contribution is 0.0766. The van der Waals surface area contributed by atoms with Crippen LogP contribution in [0.25, 0.3) is 0 Å². The molecule has 3 heterocycles. The summed E-state index contributed by atoms with van der Waals surface area (Å²) in [6.45, 7) is 4.03. The van der Waals surface area contributed by atoms with Gasteiger partial charge in [-0.25, -0.2) is 4.98 Å². The molecule has 0 radical (unpaired) electrons. The minimum atomic E-state index is 0.0260. The fourth-order valence-corrected chi connectivity index (χ4v) is 3.28. The first-order valence-corrected chi connectivity index (χ1v) is 7.74.